The zero-order valence-electron chi connectivity index (χ0n) is 10.8. The number of hydrogen-bond acceptors (Lipinski definition) is 3. The number of halogens is 2. The molecule has 1 N–H and O–H groups in total. The van der Waals surface area contributed by atoms with Gasteiger partial charge in [-0.2, -0.15) is 0 Å². The van der Waals surface area contributed by atoms with E-state index in [-0.39, 0.29) is 16.0 Å². The first kappa shape index (κ1) is 15.1. The van der Waals surface area contributed by atoms with Gasteiger partial charge in [0.2, 0.25) is 0 Å². The van der Waals surface area contributed by atoms with Gasteiger partial charge in [-0.05, 0) is 29.8 Å². The Kier molecular flexibility index (Phi) is 3.78. The molecule has 0 amide bonds. The fourth-order valence-electron chi connectivity index (χ4n) is 1.82. The van der Waals surface area contributed by atoms with Crippen molar-refractivity contribution in [1.29, 1.82) is 0 Å². The minimum absolute atomic E-state index is 0.0689. The van der Waals surface area contributed by atoms with E-state index in [1.165, 1.54) is 24.3 Å². The molecular formula is C14H10F2O4S. The lowest BCUT2D eigenvalue weighted by Crippen LogP contribution is -2.02. The normalized spacial score (nSPS) is 11.4. The van der Waals surface area contributed by atoms with E-state index in [0.29, 0.717) is 6.07 Å². The fourth-order valence-corrected chi connectivity index (χ4v) is 2.48. The van der Waals surface area contributed by atoms with E-state index in [9.17, 15) is 22.0 Å². The summed E-state index contributed by atoms with van der Waals surface area (Å²) < 4.78 is 50.3. The fraction of sp³-hybridized carbons (Fsp3) is 0.0714. The van der Waals surface area contributed by atoms with Crippen LogP contribution in [0.5, 0.6) is 0 Å². The number of carboxylic acids is 1. The third kappa shape index (κ3) is 3.08. The number of carbonyl (C=O) groups is 1. The van der Waals surface area contributed by atoms with Crippen molar-refractivity contribution in [3.8, 4) is 11.1 Å². The summed E-state index contributed by atoms with van der Waals surface area (Å²) in [7, 11) is -3.52. The van der Waals surface area contributed by atoms with E-state index in [0.717, 1.165) is 12.3 Å². The van der Waals surface area contributed by atoms with Crippen LogP contribution in [0, 0.1) is 11.6 Å². The summed E-state index contributed by atoms with van der Waals surface area (Å²) in [5.41, 5.74) is -0.649. The lowest BCUT2D eigenvalue weighted by molar-refractivity contribution is 0.0696. The van der Waals surface area contributed by atoms with Gasteiger partial charge in [0.25, 0.3) is 0 Å². The van der Waals surface area contributed by atoms with E-state index in [1.54, 1.807) is 0 Å². The van der Waals surface area contributed by atoms with Gasteiger partial charge in [-0.15, -0.1) is 0 Å². The van der Waals surface area contributed by atoms with E-state index in [2.05, 4.69) is 0 Å². The molecule has 0 fully saturated rings. The molecule has 0 unspecified atom stereocenters. The zero-order chi connectivity index (χ0) is 15.8. The summed E-state index contributed by atoms with van der Waals surface area (Å²) in [6.07, 6.45) is 0.983. The lowest BCUT2D eigenvalue weighted by atomic mass is 10.0. The van der Waals surface area contributed by atoms with Crippen LogP contribution in [0.25, 0.3) is 11.1 Å². The first-order valence-corrected chi connectivity index (χ1v) is 7.62. The van der Waals surface area contributed by atoms with Crippen molar-refractivity contribution in [2.24, 2.45) is 0 Å². The Balaban J connectivity index is 2.70. The number of rotatable bonds is 3. The van der Waals surface area contributed by atoms with E-state index in [1.807, 2.05) is 0 Å². The Hall–Kier alpha value is -2.28. The average molecular weight is 312 g/mol. The van der Waals surface area contributed by atoms with Crippen LogP contribution in [0.15, 0.2) is 41.3 Å². The molecule has 21 heavy (non-hydrogen) atoms. The maximum absolute atomic E-state index is 13.8. The Morgan fingerprint density at radius 1 is 1.14 bits per heavy atom. The molecule has 0 aliphatic carbocycles. The minimum Gasteiger partial charge on any atom is -0.478 e. The standard InChI is InChI=1S/C14H10F2O4S/c1-21(19,20)10-4-2-3-8(5-10)11-6-9(14(17)18)7-12(15)13(11)16/h2-7H,1H3,(H,17,18). The highest BCUT2D eigenvalue weighted by Crippen LogP contribution is 2.28. The van der Waals surface area contributed by atoms with Crippen LogP contribution in [0.1, 0.15) is 10.4 Å². The number of aromatic carboxylic acids is 1. The van der Waals surface area contributed by atoms with E-state index >= 15 is 0 Å². The summed E-state index contributed by atoms with van der Waals surface area (Å²) in [4.78, 5) is 10.8. The Morgan fingerprint density at radius 3 is 2.38 bits per heavy atom. The Morgan fingerprint density at radius 2 is 1.81 bits per heavy atom. The predicted molar refractivity (Wildman–Crippen MR) is 71.9 cm³/mol. The summed E-state index contributed by atoms with van der Waals surface area (Å²) in [6.45, 7) is 0. The van der Waals surface area contributed by atoms with Gasteiger partial charge in [0.15, 0.2) is 21.5 Å². The lowest BCUT2D eigenvalue weighted by Gasteiger charge is -2.08. The molecule has 0 saturated carbocycles. The van der Waals surface area contributed by atoms with Crippen LogP contribution in [-0.4, -0.2) is 25.7 Å². The quantitative estimate of drug-likeness (QED) is 0.946. The minimum atomic E-state index is -3.52. The van der Waals surface area contributed by atoms with Crippen molar-refractivity contribution in [1.82, 2.24) is 0 Å². The van der Waals surface area contributed by atoms with Gasteiger partial charge in [0.05, 0.1) is 10.5 Å². The van der Waals surface area contributed by atoms with E-state index in [4.69, 9.17) is 5.11 Å². The van der Waals surface area contributed by atoms with Crippen molar-refractivity contribution in [2.45, 2.75) is 4.90 Å². The second-order valence-electron chi connectivity index (χ2n) is 4.42. The summed E-state index contributed by atoms with van der Waals surface area (Å²) in [5, 5.41) is 8.87. The van der Waals surface area contributed by atoms with Crippen LogP contribution in [0.2, 0.25) is 0 Å². The van der Waals surface area contributed by atoms with Gasteiger partial charge in [-0.3, -0.25) is 0 Å². The van der Waals surface area contributed by atoms with Crippen LogP contribution >= 0.6 is 0 Å². The molecule has 4 nitrogen and oxygen atoms in total. The SMILES string of the molecule is CS(=O)(=O)c1cccc(-c2cc(C(=O)O)cc(F)c2F)c1. The number of hydrogen-bond donors (Lipinski definition) is 1. The average Bonchev–Trinajstić information content (AvgIpc) is 2.40. The maximum Gasteiger partial charge on any atom is 0.335 e. The van der Waals surface area contributed by atoms with Gasteiger partial charge in [0, 0.05) is 11.8 Å². The van der Waals surface area contributed by atoms with Gasteiger partial charge >= 0.3 is 5.97 Å². The van der Waals surface area contributed by atoms with Crippen molar-refractivity contribution in [2.75, 3.05) is 6.26 Å². The highest BCUT2D eigenvalue weighted by Gasteiger charge is 2.17. The topological polar surface area (TPSA) is 71.4 Å². The Bertz CT molecular complexity index is 829. The summed E-state index contributed by atoms with van der Waals surface area (Å²) in [5.74, 6) is -3.95. The first-order chi connectivity index (χ1) is 9.70. The van der Waals surface area contributed by atoms with Gasteiger partial charge in [-0.1, -0.05) is 12.1 Å². The molecule has 0 aliphatic heterocycles. The molecule has 2 rings (SSSR count). The monoisotopic (exact) mass is 312 g/mol. The molecule has 0 aliphatic rings. The Labute approximate surface area is 119 Å². The number of benzene rings is 2. The highest BCUT2D eigenvalue weighted by molar-refractivity contribution is 7.90. The third-order valence-corrected chi connectivity index (χ3v) is 3.96. The molecule has 0 atom stereocenters. The molecule has 7 heteroatoms. The molecule has 0 spiro atoms. The summed E-state index contributed by atoms with van der Waals surface area (Å²) in [6, 6.07) is 6.76. The number of sulfone groups is 1. The van der Waals surface area contributed by atoms with Gasteiger partial charge in [-0.25, -0.2) is 22.0 Å². The second-order valence-corrected chi connectivity index (χ2v) is 6.44. The molecule has 0 saturated heterocycles. The molecule has 0 bridgehead atoms. The largest absolute Gasteiger partial charge is 0.478 e. The van der Waals surface area contributed by atoms with Crippen LogP contribution in [0.3, 0.4) is 0 Å². The second kappa shape index (κ2) is 5.25. The molecule has 0 aromatic heterocycles. The molecule has 0 radical (unpaired) electrons. The van der Waals surface area contributed by atoms with Crippen LogP contribution in [0.4, 0.5) is 8.78 Å². The van der Waals surface area contributed by atoms with Gasteiger partial charge < -0.3 is 5.11 Å². The van der Waals surface area contributed by atoms with Crippen molar-refractivity contribution in [3.05, 3.63) is 53.6 Å². The summed E-state index contributed by atoms with van der Waals surface area (Å²) >= 11 is 0. The van der Waals surface area contributed by atoms with Crippen molar-refractivity contribution in [3.63, 3.8) is 0 Å². The highest BCUT2D eigenvalue weighted by atomic mass is 32.2. The molecule has 2 aromatic carbocycles. The molecular weight excluding hydrogens is 302 g/mol. The van der Waals surface area contributed by atoms with E-state index < -0.39 is 33.0 Å². The van der Waals surface area contributed by atoms with Crippen LogP contribution < -0.4 is 0 Å². The molecule has 2 aromatic rings. The molecule has 0 heterocycles. The first-order valence-electron chi connectivity index (χ1n) is 5.73. The smallest absolute Gasteiger partial charge is 0.335 e. The van der Waals surface area contributed by atoms with Crippen LogP contribution in [-0.2, 0) is 9.84 Å². The zero-order valence-corrected chi connectivity index (χ0v) is 11.6. The van der Waals surface area contributed by atoms with Crippen molar-refractivity contribution < 1.29 is 27.1 Å². The third-order valence-electron chi connectivity index (χ3n) is 2.85. The van der Waals surface area contributed by atoms with Crippen molar-refractivity contribution >= 4 is 15.8 Å². The van der Waals surface area contributed by atoms with Gasteiger partial charge in [0.1, 0.15) is 0 Å². The molecule has 110 valence electrons. The maximum atomic E-state index is 13.8. The predicted octanol–water partition coefficient (Wildman–Crippen LogP) is 2.73. The number of carboxylic acid groups (broad SMARTS) is 1.